The molecular formula is C15H7F3N4O4S2. The number of nitrogens with zero attached hydrogens (tertiary/aromatic N) is 4. The van der Waals surface area contributed by atoms with Gasteiger partial charge in [-0.2, -0.15) is 13.2 Å². The molecule has 1 aromatic carbocycles. The van der Waals surface area contributed by atoms with Crippen LogP contribution in [0.1, 0.15) is 5.69 Å². The summed E-state index contributed by atoms with van der Waals surface area (Å²) < 4.78 is 39.6. The molecule has 2 aromatic heterocycles. The van der Waals surface area contributed by atoms with Crippen LogP contribution in [0.3, 0.4) is 0 Å². The Morgan fingerprint density at radius 2 is 1.64 bits per heavy atom. The lowest BCUT2D eigenvalue weighted by atomic mass is 10.3. The second kappa shape index (κ2) is 7.52. The molecule has 0 aliphatic rings. The summed E-state index contributed by atoms with van der Waals surface area (Å²) in [5.41, 5.74) is -2.29. The van der Waals surface area contributed by atoms with Gasteiger partial charge in [-0.15, -0.1) is 11.3 Å². The molecule has 0 bridgehead atoms. The van der Waals surface area contributed by atoms with Gasteiger partial charge in [-0.1, -0.05) is 6.07 Å². The van der Waals surface area contributed by atoms with E-state index >= 15 is 0 Å². The van der Waals surface area contributed by atoms with Crippen LogP contribution < -0.4 is 0 Å². The first kappa shape index (κ1) is 19.7. The minimum atomic E-state index is -4.74. The monoisotopic (exact) mass is 428 g/mol. The van der Waals surface area contributed by atoms with E-state index in [1.807, 2.05) is 0 Å². The van der Waals surface area contributed by atoms with Crippen LogP contribution in [0.2, 0.25) is 0 Å². The highest BCUT2D eigenvalue weighted by Crippen LogP contribution is 2.36. The molecule has 3 aromatic rings. The second-order valence-electron chi connectivity index (χ2n) is 5.20. The van der Waals surface area contributed by atoms with E-state index in [0.717, 1.165) is 24.3 Å². The molecule has 13 heteroatoms. The van der Waals surface area contributed by atoms with Gasteiger partial charge in [0.25, 0.3) is 11.4 Å². The van der Waals surface area contributed by atoms with Crippen molar-refractivity contribution < 1.29 is 23.0 Å². The average Bonchev–Trinajstić information content (AvgIpc) is 3.15. The van der Waals surface area contributed by atoms with Gasteiger partial charge in [-0.25, -0.2) is 9.97 Å². The summed E-state index contributed by atoms with van der Waals surface area (Å²) >= 11 is 1.74. The summed E-state index contributed by atoms with van der Waals surface area (Å²) in [6, 6.07) is 6.80. The van der Waals surface area contributed by atoms with E-state index < -0.39 is 33.1 Å². The largest absolute Gasteiger partial charge is 0.433 e. The predicted molar refractivity (Wildman–Crippen MR) is 94.2 cm³/mol. The van der Waals surface area contributed by atoms with E-state index in [1.165, 1.54) is 11.3 Å². The molecule has 0 saturated carbocycles. The molecule has 0 aliphatic carbocycles. The Balaban J connectivity index is 2.08. The maximum atomic E-state index is 13.2. The summed E-state index contributed by atoms with van der Waals surface area (Å²) in [4.78, 5) is 28.2. The Morgan fingerprint density at radius 1 is 1.00 bits per heavy atom. The van der Waals surface area contributed by atoms with Crippen LogP contribution in [0, 0.1) is 20.2 Å². The van der Waals surface area contributed by atoms with Gasteiger partial charge >= 0.3 is 6.18 Å². The third kappa shape index (κ3) is 4.43. The maximum absolute atomic E-state index is 13.2. The molecule has 0 atom stereocenters. The van der Waals surface area contributed by atoms with Crippen LogP contribution >= 0.6 is 23.1 Å². The number of non-ortho nitro benzene ring substituents is 2. The molecular weight excluding hydrogens is 421 g/mol. The number of hydrogen-bond acceptors (Lipinski definition) is 8. The van der Waals surface area contributed by atoms with Crippen molar-refractivity contribution in [3.05, 3.63) is 67.7 Å². The zero-order chi connectivity index (χ0) is 20.5. The Morgan fingerprint density at radius 3 is 2.14 bits per heavy atom. The van der Waals surface area contributed by atoms with Gasteiger partial charge in [-0.3, -0.25) is 20.2 Å². The number of nitro benzene ring substituents is 2. The smallest absolute Gasteiger partial charge is 0.258 e. The fourth-order valence-electron chi connectivity index (χ4n) is 2.11. The van der Waals surface area contributed by atoms with E-state index in [1.54, 1.807) is 17.5 Å². The van der Waals surface area contributed by atoms with Crippen LogP contribution in [0.15, 0.2) is 51.8 Å². The number of alkyl halides is 3. The van der Waals surface area contributed by atoms with Crippen LogP contribution in [0.25, 0.3) is 10.6 Å². The summed E-state index contributed by atoms with van der Waals surface area (Å²) in [6.45, 7) is 0. The Labute approximate surface area is 162 Å². The van der Waals surface area contributed by atoms with Crippen LogP contribution in [-0.4, -0.2) is 19.8 Å². The topological polar surface area (TPSA) is 112 Å². The third-order valence-corrected chi connectivity index (χ3v) is 5.01. The van der Waals surface area contributed by atoms with Gasteiger partial charge in [0.15, 0.2) is 5.16 Å². The molecule has 28 heavy (non-hydrogen) atoms. The second-order valence-corrected chi connectivity index (χ2v) is 7.19. The predicted octanol–water partition coefficient (Wildman–Crippen LogP) is 5.19. The number of benzene rings is 1. The zero-order valence-electron chi connectivity index (χ0n) is 13.4. The molecule has 8 nitrogen and oxygen atoms in total. The third-order valence-electron chi connectivity index (χ3n) is 3.28. The van der Waals surface area contributed by atoms with Crippen molar-refractivity contribution in [1.82, 2.24) is 9.97 Å². The van der Waals surface area contributed by atoms with Gasteiger partial charge in [0.1, 0.15) is 5.69 Å². The van der Waals surface area contributed by atoms with Gasteiger partial charge in [0.2, 0.25) is 0 Å². The molecule has 0 radical (unpaired) electrons. The lowest BCUT2D eigenvalue weighted by Crippen LogP contribution is -2.09. The number of halogens is 3. The van der Waals surface area contributed by atoms with Crippen LogP contribution in [-0.2, 0) is 6.18 Å². The lowest BCUT2D eigenvalue weighted by molar-refractivity contribution is -0.394. The molecule has 0 spiro atoms. The first-order valence-electron chi connectivity index (χ1n) is 7.25. The van der Waals surface area contributed by atoms with Crippen LogP contribution in [0.4, 0.5) is 24.5 Å². The minimum Gasteiger partial charge on any atom is -0.258 e. The molecule has 0 unspecified atom stereocenters. The number of aromatic nitrogens is 2. The molecule has 0 N–H and O–H groups in total. The average molecular weight is 428 g/mol. The molecule has 0 aliphatic heterocycles. The van der Waals surface area contributed by atoms with Gasteiger partial charge in [0, 0.05) is 17.0 Å². The van der Waals surface area contributed by atoms with Crippen molar-refractivity contribution in [2.75, 3.05) is 0 Å². The summed E-state index contributed by atoms with van der Waals surface area (Å²) in [6.07, 6.45) is -4.74. The molecule has 0 saturated heterocycles. The first-order valence-corrected chi connectivity index (χ1v) is 8.95. The quantitative estimate of drug-likeness (QED) is 0.312. The molecule has 144 valence electrons. The van der Waals surface area contributed by atoms with Crippen molar-refractivity contribution in [3.63, 3.8) is 0 Å². The first-order chi connectivity index (χ1) is 13.1. The number of hydrogen-bond donors (Lipinski definition) is 0. The van der Waals surface area contributed by atoms with Crippen molar-refractivity contribution in [1.29, 1.82) is 0 Å². The number of thiophene rings is 1. The Hall–Kier alpha value is -3.06. The highest BCUT2D eigenvalue weighted by atomic mass is 32.2. The summed E-state index contributed by atoms with van der Waals surface area (Å²) in [7, 11) is 0. The fourth-order valence-corrected chi connectivity index (χ4v) is 3.65. The summed E-state index contributed by atoms with van der Waals surface area (Å²) in [5, 5.41) is 23.3. The number of nitro groups is 2. The van der Waals surface area contributed by atoms with Crippen molar-refractivity contribution in [2.45, 2.75) is 16.2 Å². The Bertz CT molecular complexity index is 1030. The van der Waals surface area contributed by atoms with E-state index in [4.69, 9.17) is 0 Å². The van der Waals surface area contributed by atoms with E-state index in [2.05, 4.69) is 9.97 Å². The highest BCUT2D eigenvalue weighted by Gasteiger charge is 2.34. The fraction of sp³-hybridized carbons (Fsp3) is 0.0667. The van der Waals surface area contributed by atoms with Crippen molar-refractivity contribution >= 4 is 34.5 Å². The maximum Gasteiger partial charge on any atom is 0.433 e. The molecule has 3 rings (SSSR count). The highest BCUT2D eigenvalue weighted by molar-refractivity contribution is 7.99. The van der Waals surface area contributed by atoms with Crippen molar-refractivity contribution in [2.24, 2.45) is 0 Å². The van der Waals surface area contributed by atoms with E-state index in [0.29, 0.717) is 16.6 Å². The minimum absolute atomic E-state index is 0.0276. The SMILES string of the molecule is O=[N+]([O-])c1cc(Sc2nc(-c3cccs3)cc(C(F)(F)F)n2)cc([N+](=O)[O-])c1. The molecule has 0 amide bonds. The zero-order valence-corrected chi connectivity index (χ0v) is 15.0. The normalized spacial score (nSPS) is 11.4. The standard InChI is InChI=1S/C15H7F3N4O4S2/c16-15(17,18)13-7-11(12-2-1-3-27-12)19-14(20-13)28-10-5-8(21(23)24)4-9(6-10)22(25)26/h1-7H. The van der Waals surface area contributed by atoms with Gasteiger partial charge in [-0.05, 0) is 29.3 Å². The van der Waals surface area contributed by atoms with E-state index in [-0.39, 0.29) is 15.7 Å². The van der Waals surface area contributed by atoms with E-state index in [9.17, 15) is 33.4 Å². The van der Waals surface area contributed by atoms with Crippen LogP contribution in [0.5, 0.6) is 0 Å². The Kier molecular flexibility index (Phi) is 5.29. The molecule has 0 fully saturated rings. The number of rotatable bonds is 5. The van der Waals surface area contributed by atoms with Gasteiger partial charge in [0.05, 0.1) is 26.5 Å². The van der Waals surface area contributed by atoms with Crippen molar-refractivity contribution in [3.8, 4) is 10.6 Å². The molecule has 2 heterocycles. The van der Waals surface area contributed by atoms with Gasteiger partial charge < -0.3 is 0 Å². The lowest BCUT2D eigenvalue weighted by Gasteiger charge is -2.09. The summed E-state index contributed by atoms with van der Waals surface area (Å²) in [5.74, 6) is 0.